The van der Waals surface area contributed by atoms with E-state index >= 15 is 0 Å². The van der Waals surface area contributed by atoms with Crippen LogP contribution >= 0.6 is 0 Å². The van der Waals surface area contributed by atoms with Crippen LogP contribution in [0.3, 0.4) is 0 Å². The molecule has 0 unspecified atom stereocenters. The fraction of sp³-hybridized carbons (Fsp3) is 0.400. The Hall–Kier alpha value is -2.57. The summed E-state index contributed by atoms with van der Waals surface area (Å²) in [6, 6.07) is 5.69. The van der Waals surface area contributed by atoms with Gasteiger partial charge in [0.15, 0.2) is 5.96 Å². The summed E-state index contributed by atoms with van der Waals surface area (Å²) in [7, 11) is 0. The molecule has 0 amide bonds. The van der Waals surface area contributed by atoms with Crippen molar-refractivity contribution in [1.29, 1.82) is 0 Å². The predicted molar refractivity (Wildman–Crippen MR) is 89.0 cm³/mol. The maximum absolute atomic E-state index is 5.65. The van der Waals surface area contributed by atoms with Crippen molar-refractivity contribution in [2.24, 2.45) is 27.2 Å². The molecule has 7 N–H and O–H groups in total. The van der Waals surface area contributed by atoms with Crippen molar-refractivity contribution in [2.45, 2.75) is 38.0 Å². The molecule has 2 aromatic rings. The molecule has 0 atom stereocenters. The molecule has 7 nitrogen and oxygen atoms in total. The van der Waals surface area contributed by atoms with Crippen LogP contribution in [0.1, 0.15) is 43.8 Å². The lowest BCUT2D eigenvalue weighted by Gasteiger charge is -2.18. The third kappa shape index (κ3) is 3.19. The number of benzene rings is 1. The Morgan fingerprint density at radius 1 is 1.14 bits per heavy atom. The first-order valence-electron chi connectivity index (χ1n) is 7.55. The number of hydrogen-bond acceptors (Lipinski definition) is 2. The molecule has 1 aliphatic carbocycles. The lowest BCUT2D eigenvalue weighted by Crippen LogP contribution is -2.26. The number of aromatic amines is 1. The van der Waals surface area contributed by atoms with Crippen LogP contribution in [0.15, 0.2) is 28.2 Å². The van der Waals surface area contributed by atoms with Gasteiger partial charge in [0, 0.05) is 5.92 Å². The van der Waals surface area contributed by atoms with Crippen LogP contribution in [-0.2, 0) is 0 Å². The average molecular weight is 299 g/mol. The predicted octanol–water partition coefficient (Wildman–Crippen LogP) is 1.83. The molecule has 1 aromatic heterocycles. The van der Waals surface area contributed by atoms with Gasteiger partial charge in [0.1, 0.15) is 5.82 Å². The van der Waals surface area contributed by atoms with E-state index in [2.05, 4.69) is 15.0 Å². The Bertz CT molecular complexity index is 719. The minimum atomic E-state index is -0.108. The fourth-order valence-corrected chi connectivity index (χ4v) is 2.95. The highest BCUT2D eigenvalue weighted by Gasteiger charge is 2.18. The van der Waals surface area contributed by atoms with Gasteiger partial charge < -0.3 is 22.2 Å². The van der Waals surface area contributed by atoms with Crippen LogP contribution in [0.4, 0.5) is 5.69 Å². The quantitative estimate of drug-likeness (QED) is 0.497. The summed E-state index contributed by atoms with van der Waals surface area (Å²) in [5, 5.41) is 0. The molecular weight excluding hydrogens is 278 g/mol. The minimum absolute atomic E-state index is 0.0337. The standard InChI is InChI=1S/C15H21N7/c16-14(17)22-15(18)19-10-6-7-11-12(8-10)21-13(20-11)9-4-2-1-3-5-9/h6-9H,1-5H2,(H,20,21)(H6,16,17,18,19,22). The number of nitrogens with zero attached hydrogens (tertiary/aromatic N) is 3. The first-order chi connectivity index (χ1) is 10.6. The van der Waals surface area contributed by atoms with Crippen LogP contribution in [0, 0.1) is 0 Å². The van der Waals surface area contributed by atoms with Crippen molar-refractivity contribution in [1.82, 2.24) is 9.97 Å². The Kier molecular flexibility index (Phi) is 3.95. The largest absolute Gasteiger partial charge is 0.370 e. The number of H-pyrrole nitrogens is 1. The van der Waals surface area contributed by atoms with Crippen LogP contribution in [0.5, 0.6) is 0 Å². The second-order valence-electron chi connectivity index (χ2n) is 5.67. The SMILES string of the molecule is NC(N)=NC(N)=Nc1ccc2nc(C3CCCCC3)[nH]c2c1. The van der Waals surface area contributed by atoms with E-state index in [1.165, 1.54) is 32.1 Å². The van der Waals surface area contributed by atoms with Gasteiger partial charge in [-0.05, 0) is 31.0 Å². The van der Waals surface area contributed by atoms with Gasteiger partial charge in [-0.25, -0.2) is 9.98 Å². The highest BCUT2D eigenvalue weighted by atomic mass is 15.1. The highest BCUT2D eigenvalue weighted by Crippen LogP contribution is 2.32. The van der Waals surface area contributed by atoms with Crippen LogP contribution in [-0.4, -0.2) is 21.9 Å². The summed E-state index contributed by atoms with van der Waals surface area (Å²) in [6.45, 7) is 0. The van der Waals surface area contributed by atoms with Gasteiger partial charge in [-0.3, -0.25) is 0 Å². The molecule has 116 valence electrons. The first kappa shape index (κ1) is 14.4. The Labute approximate surface area is 128 Å². The minimum Gasteiger partial charge on any atom is -0.370 e. The van der Waals surface area contributed by atoms with Crippen LogP contribution < -0.4 is 17.2 Å². The molecule has 1 fully saturated rings. The van der Waals surface area contributed by atoms with Crippen molar-refractivity contribution in [2.75, 3.05) is 0 Å². The van der Waals surface area contributed by atoms with Crippen LogP contribution in [0.25, 0.3) is 11.0 Å². The summed E-state index contributed by atoms with van der Waals surface area (Å²) in [5.41, 5.74) is 18.8. The normalized spacial score (nSPS) is 16.8. The molecule has 0 aliphatic heterocycles. The molecule has 3 rings (SSSR count). The van der Waals surface area contributed by atoms with Gasteiger partial charge in [-0.15, -0.1) is 0 Å². The smallest absolute Gasteiger partial charge is 0.223 e. The van der Waals surface area contributed by atoms with Crippen molar-refractivity contribution >= 4 is 28.6 Å². The molecule has 1 aromatic carbocycles. The molecule has 0 spiro atoms. The van der Waals surface area contributed by atoms with E-state index in [0.29, 0.717) is 11.6 Å². The first-order valence-corrected chi connectivity index (χ1v) is 7.55. The van der Waals surface area contributed by atoms with E-state index in [0.717, 1.165) is 16.9 Å². The van der Waals surface area contributed by atoms with E-state index in [1.54, 1.807) is 0 Å². The summed E-state index contributed by atoms with van der Waals surface area (Å²) in [4.78, 5) is 16.0. The number of imidazole rings is 1. The van der Waals surface area contributed by atoms with Gasteiger partial charge in [0.25, 0.3) is 0 Å². The maximum Gasteiger partial charge on any atom is 0.223 e. The zero-order valence-corrected chi connectivity index (χ0v) is 12.4. The zero-order valence-electron chi connectivity index (χ0n) is 12.4. The summed E-state index contributed by atoms with van der Waals surface area (Å²) >= 11 is 0. The Morgan fingerprint density at radius 3 is 2.64 bits per heavy atom. The number of guanidine groups is 2. The average Bonchev–Trinajstić information content (AvgIpc) is 2.90. The molecule has 1 heterocycles. The number of aliphatic imine (C=N–C) groups is 2. The van der Waals surface area contributed by atoms with Crippen molar-refractivity contribution < 1.29 is 0 Å². The van der Waals surface area contributed by atoms with Gasteiger partial charge in [-0.2, -0.15) is 4.99 Å². The molecule has 0 saturated heterocycles. The van der Waals surface area contributed by atoms with Crippen molar-refractivity contribution in [3.8, 4) is 0 Å². The third-order valence-corrected chi connectivity index (χ3v) is 3.96. The van der Waals surface area contributed by atoms with E-state index in [1.807, 2.05) is 18.2 Å². The molecule has 7 heteroatoms. The van der Waals surface area contributed by atoms with Gasteiger partial charge in [0.05, 0.1) is 16.7 Å². The number of rotatable bonds is 2. The molecule has 0 bridgehead atoms. The van der Waals surface area contributed by atoms with E-state index in [4.69, 9.17) is 22.2 Å². The van der Waals surface area contributed by atoms with Gasteiger partial charge in [0.2, 0.25) is 5.96 Å². The zero-order chi connectivity index (χ0) is 15.5. The monoisotopic (exact) mass is 299 g/mol. The topological polar surface area (TPSA) is 131 Å². The number of aromatic nitrogens is 2. The molecule has 1 saturated carbocycles. The number of nitrogens with two attached hydrogens (primary N) is 3. The third-order valence-electron chi connectivity index (χ3n) is 3.96. The second-order valence-corrected chi connectivity index (χ2v) is 5.67. The summed E-state index contributed by atoms with van der Waals surface area (Å²) < 4.78 is 0. The fourth-order valence-electron chi connectivity index (χ4n) is 2.95. The Balaban J connectivity index is 1.88. The highest BCUT2D eigenvalue weighted by molar-refractivity contribution is 5.94. The molecule has 0 radical (unpaired) electrons. The lowest BCUT2D eigenvalue weighted by atomic mass is 9.89. The molecule has 1 aliphatic rings. The second kappa shape index (κ2) is 6.05. The molecular formula is C15H21N7. The number of hydrogen-bond donors (Lipinski definition) is 4. The lowest BCUT2D eigenvalue weighted by molar-refractivity contribution is 0.431. The van der Waals surface area contributed by atoms with E-state index < -0.39 is 0 Å². The van der Waals surface area contributed by atoms with Crippen molar-refractivity contribution in [3.05, 3.63) is 24.0 Å². The van der Waals surface area contributed by atoms with Gasteiger partial charge >= 0.3 is 0 Å². The summed E-state index contributed by atoms with van der Waals surface area (Å²) in [6.07, 6.45) is 6.32. The number of nitrogens with one attached hydrogen (secondary N) is 1. The van der Waals surface area contributed by atoms with E-state index in [9.17, 15) is 0 Å². The molecule has 22 heavy (non-hydrogen) atoms. The van der Waals surface area contributed by atoms with Crippen molar-refractivity contribution in [3.63, 3.8) is 0 Å². The number of fused-ring (bicyclic) bond motifs is 1. The van der Waals surface area contributed by atoms with E-state index in [-0.39, 0.29) is 11.9 Å². The Morgan fingerprint density at radius 2 is 1.91 bits per heavy atom. The van der Waals surface area contributed by atoms with Crippen LogP contribution in [0.2, 0.25) is 0 Å². The summed E-state index contributed by atoms with van der Waals surface area (Å²) in [5.74, 6) is 1.54. The van der Waals surface area contributed by atoms with Gasteiger partial charge in [-0.1, -0.05) is 19.3 Å². The maximum atomic E-state index is 5.65.